The van der Waals surface area contributed by atoms with Gasteiger partial charge in [-0.05, 0) is 67.4 Å². The summed E-state index contributed by atoms with van der Waals surface area (Å²) in [5.74, 6) is -0.229. The van der Waals surface area contributed by atoms with Crippen LogP contribution in [0, 0.1) is 13.8 Å². The van der Waals surface area contributed by atoms with Crippen molar-refractivity contribution in [3.63, 3.8) is 0 Å². The zero-order valence-corrected chi connectivity index (χ0v) is 15.5. The first-order valence-corrected chi connectivity index (χ1v) is 9.13. The molecule has 0 spiro atoms. The van der Waals surface area contributed by atoms with E-state index in [1.807, 2.05) is 24.3 Å². The molecular weight excluding hydrogens is 344 g/mol. The topological polar surface area (TPSA) is 51.1 Å². The van der Waals surface area contributed by atoms with E-state index in [9.17, 15) is 9.59 Å². The van der Waals surface area contributed by atoms with Crippen LogP contribution in [0.1, 0.15) is 11.1 Å². The van der Waals surface area contributed by atoms with E-state index in [4.69, 9.17) is 0 Å². The fraction of sp³-hybridized carbons (Fsp3) is 0.143. The van der Waals surface area contributed by atoms with E-state index in [1.165, 1.54) is 26.7 Å². The molecule has 1 N–H and O–H groups in total. The van der Waals surface area contributed by atoms with E-state index >= 15 is 0 Å². The summed E-state index contributed by atoms with van der Waals surface area (Å²) >= 11 is 1.68. The molecule has 0 radical (unpaired) electrons. The first-order chi connectivity index (χ1) is 12.5. The third-order valence-corrected chi connectivity index (χ3v) is 5.06. The molecule has 0 atom stereocenters. The molecule has 5 heteroatoms. The molecule has 0 aliphatic carbocycles. The van der Waals surface area contributed by atoms with Gasteiger partial charge in [0.05, 0.1) is 0 Å². The van der Waals surface area contributed by atoms with Crippen molar-refractivity contribution in [1.82, 2.24) is 4.57 Å². The van der Waals surface area contributed by atoms with Crippen molar-refractivity contribution in [2.75, 3.05) is 5.32 Å². The molecule has 2 aromatic carbocycles. The van der Waals surface area contributed by atoms with Crippen molar-refractivity contribution >= 4 is 23.4 Å². The number of aromatic nitrogens is 1. The molecule has 0 unspecified atom stereocenters. The summed E-state index contributed by atoms with van der Waals surface area (Å²) in [7, 11) is 0. The first kappa shape index (κ1) is 18.0. The van der Waals surface area contributed by atoms with Crippen LogP contribution in [0.3, 0.4) is 0 Å². The summed E-state index contributed by atoms with van der Waals surface area (Å²) in [5.41, 5.74) is 3.08. The maximum Gasteiger partial charge on any atom is 0.250 e. The molecule has 0 bridgehead atoms. The molecule has 1 aromatic heterocycles. The Morgan fingerprint density at radius 3 is 2.38 bits per heavy atom. The maximum atomic E-state index is 12.1. The minimum atomic E-state index is -0.229. The fourth-order valence-corrected chi connectivity index (χ4v) is 3.38. The van der Waals surface area contributed by atoms with Crippen molar-refractivity contribution in [1.29, 1.82) is 0 Å². The van der Waals surface area contributed by atoms with E-state index in [0.717, 1.165) is 4.90 Å². The lowest BCUT2D eigenvalue weighted by atomic mass is 10.1. The Balaban J connectivity index is 1.62. The van der Waals surface area contributed by atoms with E-state index in [0.29, 0.717) is 5.69 Å². The molecule has 0 aliphatic heterocycles. The van der Waals surface area contributed by atoms with Crippen LogP contribution >= 0.6 is 11.8 Å². The highest BCUT2D eigenvalue weighted by atomic mass is 32.2. The molecule has 0 saturated heterocycles. The van der Waals surface area contributed by atoms with Gasteiger partial charge < -0.3 is 9.88 Å². The monoisotopic (exact) mass is 364 g/mol. The van der Waals surface area contributed by atoms with Crippen LogP contribution in [0.25, 0.3) is 0 Å². The molecule has 26 heavy (non-hydrogen) atoms. The SMILES string of the molecule is Cc1ccc(Sc2ccc(NC(=O)Cn3ccccc3=O)cc2)cc1C. The molecule has 3 rings (SSSR count). The zero-order valence-electron chi connectivity index (χ0n) is 14.7. The van der Waals surface area contributed by atoms with Crippen LogP contribution in [-0.4, -0.2) is 10.5 Å². The van der Waals surface area contributed by atoms with E-state index in [1.54, 1.807) is 30.1 Å². The van der Waals surface area contributed by atoms with Crippen molar-refractivity contribution in [2.24, 2.45) is 0 Å². The van der Waals surface area contributed by atoms with Gasteiger partial charge in [0.15, 0.2) is 0 Å². The number of pyridine rings is 1. The smallest absolute Gasteiger partial charge is 0.250 e. The molecule has 132 valence electrons. The number of nitrogens with one attached hydrogen (secondary N) is 1. The first-order valence-electron chi connectivity index (χ1n) is 8.32. The average molecular weight is 364 g/mol. The van der Waals surface area contributed by atoms with Crippen LogP contribution in [0.15, 0.2) is 81.4 Å². The Kier molecular flexibility index (Phi) is 5.58. The molecule has 0 fully saturated rings. The number of anilines is 1. The number of benzene rings is 2. The number of nitrogens with zero attached hydrogens (tertiary/aromatic N) is 1. The molecule has 1 amide bonds. The second-order valence-electron chi connectivity index (χ2n) is 6.09. The highest BCUT2D eigenvalue weighted by molar-refractivity contribution is 7.99. The minimum absolute atomic E-state index is 0.00117. The fourth-order valence-electron chi connectivity index (χ4n) is 2.47. The van der Waals surface area contributed by atoms with Crippen molar-refractivity contribution < 1.29 is 4.79 Å². The lowest BCUT2D eigenvalue weighted by Crippen LogP contribution is -2.26. The van der Waals surface area contributed by atoms with Gasteiger partial charge in [-0.1, -0.05) is 23.9 Å². The van der Waals surface area contributed by atoms with Gasteiger partial charge in [0.2, 0.25) is 5.91 Å². The highest BCUT2D eigenvalue weighted by Crippen LogP contribution is 2.29. The minimum Gasteiger partial charge on any atom is -0.325 e. The molecule has 0 aliphatic rings. The number of hydrogen-bond donors (Lipinski definition) is 1. The van der Waals surface area contributed by atoms with Crippen molar-refractivity contribution in [2.45, 2.75) is 30.2 Å². The Morgan fingerprint density at radius 2 is 1.69 bits per heavy atom. The predicted octanol–water partition coefficient (Wildman–Crippen LogP) is 4.26. The van der Waals surface area contributed by atoms with Crippen LogP contribution in [0.5, 0.6) is 0 Å². The molecule has 3 aromatic rings. The second kappa shape index (κ2) is 8.06. The van der Waals surface area contributed by atoms with E-state index in [-0.39, 0.29) is 18.0 Å². The summed E-state index contributed by atoms with van der Waals surface area (Å²) in [4.78, 5) is 26.0. The number of carbonyl (C=O) groups is 1. The second-order valence-corrected chi connectivity index (χ2v) is 7.23. The van der Waals surface area contributed by atoms with E-state index < -0.39 is 0 Å². The standard InChI is InChI=1S/C21H20N2O2S/c1-15-6-9-19(13-16(15)2)26-18-10-7-17(8-11-18)22-20(24)14-23-12-4-3-5-21(23)25/h3-13H,14H2,1-2H3,(H,22,24). The number of rotatable bonds is 5. The molecular formula is C21H20N2O2S. The molecule has 1 heterocycles. The third kappa shape index (κ3) is 4.64. The summed E-state index contributed by atoms with van der Waals surface area (Å²) in [6.07, 6.45) is 1.60. The van der Waals surface area contributed by atoms with Gasteiger partial charge in [-0.2, -0.15) is 0 Å². The Bertz CT molecular complexity index is 978. The van der Waals surface area contributed by atoms with Gasteiger partial charge in [0, 0.05) is 27.7 Å². The summed E-state index contributed by atoms with van der Waals surface area (Å²) in [5, 5.41) is 2.82. The molecule has 0 saturated carbocycles. The number of carbonyl (C=O) groups excluding carboxylic acids is 1. The van der Waals surface area contributed by atoms with Gasteiger partial charge in [-0.25, -0.2) is 0 Å². The van der Waals surface area contributed by atoms with Gasteiger partial charge >= 0.3 is 0 Å². The lowest BCUT2D eigenvalue weighted by molar-refractivity contribution is -0.116. The largest absolute Gasteiger partial charge is 0.325 e. The number of amides is 1. The van der Waals surface area contributed by atoms with Crippen molar-refractivity contribution in [3.8, 4) is 0 Å². The zero-order chi connectivity index (χ0) is 18.5. The Hall–Kier alpha value is -2.79. The van der Waals surface area contributed by atoms with Gasteiger partial charge in [0.25, 0.3) is 5.56 Å². The van der Waals surface area contributed by atoms with Crippen LogP contribution in [-0.2, 0) is 11.3 Å². The Morgan fingerprint density at radius 1 is 0.962 bits per heavy atom. The summed E-state index contributed by atoms with van der Waals surface area (Å²) in [6, 6.07) is 18.9. The van der Waals surface area contributed by atoms with Gasteiger partial charge in [-0.3, -0.25) is 9.59 Å². The predicted molar refractivity (Wildman–Crippen MR) is 106 cm³/mol. The molecule has 4 nitrogen and oxygen atoms in total. The van der Waals surface area contributed by atoms with Crippen LogP contribution in [0.2, 0.25) is 0 Å². The third-order valence-electron chi connectivity index (χ3n) is 4.07. The van der Waals surface area contributed by atoms with Gasteiger partial charge in [-0.15, -0.1) is 0 Å². The maximum absolute atomic E-state index is 12.1. The summed E-state index contributed by atoms with van der Waals surface area (Å²) in [6.45, 7) is 4.21. The van der Waals surface area contributed by atoms with E-state index in [2.05, 4.69) is 37.4 Å². The number of hydrogen-bond acceptors (Lipinski definition) is 3. The van der Waals surface area contributed by atoms with Gasteiger partial charge in [0.1, 0.15) is 6.54 Å². The average Bonchev–Trinajstić information content (AvgIpc) is 2.62. The summed E-state index contributed by atoms with van der Waals surface area (Å²) < 4.78 is 1.37. The van der Waals surface area contributed by atoms with Crippen LogP contribution in [0.4, 0.5) is 5.69 Å². The van der Waals surface area contributed by atoms with Crippen LogP contribution < -0.4 is 10.9 Å². The van der Waals surface area contributed by atoms with Crippen molar-refractivity contribution in [3.05, 3.63) is 88.3 Å². The highest BCUT2D eigenvalue weighted by Gasteiger charge is 2.05. The normalized spacial score (nSPS) is 10.5. The number of aryl methyl sites for hydroxylation is 2. The Labute approximate surface area is 156 Å². The quantitative estimate of drug-likeness (QED) is 0.736. The lowest BCUT2D eigenvalue weighted by Gasteiger charge is -2.09.